The Kier molecular flexibility index (Phi) is 5.64. The molecule has 2 heterocycles. The van der Waals surface area contributed by atoms with Crippen LogP contribution in [0.4, 0.5) is 0 Å². The Hall–Kier alpha value is -3.05. The van der Waals surface area contributed by atoms with Gasteiger partial charge in [0.1, 0.15) is 16.4 Å². The van der Waals surface area contributed by atoms with Gasteiger partial charge in [0.15, 0.2) is 0 Å². The number of fused-ring (bicyclic) bond motifs is 1. The zero-order chi connectivity index (χ0) is 21.3. The molecule has 0 aliphatic carbocycles. The molecule has 0 radical (unpaired) electrons. The summed E-state index contributed by atoms with van der Waals surface area (Å²) >= 11 is 1.56. The first kappa shape index (κ1) is 20.2. The van der Waals surface area contributed by atoms with Crippen LogP contribution in [0.2, 0.25) is 0 Å². The number of aryl methyl sites for hydroxylation is 2. The van der Waals surface area contributed by atoms with E-state index in [1.54, 1.807) is 22.8 Å². The van der Waals surface area contributed by atoms with Gasteiger partial charge in [-0.2, -0.15) is 0 Å². The number of nitrogens with zero attached hydrogens (tertiary/aromatic N) is 2. The quantitative estimate of drug-likeness (QED) is 0.428. The molecular weight excluding hydrogens is 392 g/mol. The highest BCUT2D eigenvalue weighted by Gasteiger charge is 2.20. The lowest BCUT2D eigenvalue weighted by Gasteiger charge is -2.13. The van der Waals surface area contributed by atoms with E-state index in [9.17, 15) is 9.59 Å². The van der Waals surface area contributed by atoms with Gasteiger partial charge in [-0.1, -0.05) is 60.2 Å². The third kappa shape index (κ3) is 3.98. The third-order valence-electron chi connectivity index (χ3n) is 5.30. The summed E-state index contributed by atoms with van der Waals surface area (Å²) in [6, 6.07) is 18.2. The maximum Gasteiger partial charge on any atom is 0.262 e. The molecule has 0 saturated heterocycles. The van der Waals surface area contributed by atoms with Crippen molar-refractivity contribution in [1.29, 1.82) is 0 Å². The lowest BCUT2D eigenvalue weighted by atomic mass is 10.0. The Morgan fingerprint density at radius 1 is 1.03 bits per heavy atom. The maximum absolute atomic E-state index is 13.6. The monoisotopic (exact) mass is 416 g/mol. The van der Waals surface area contributed by atoms with E-state index in [1.807, 2.05) is 37.3 Å². The summed E-state index contributed by atoms with van der Waals surface area (Å²) in [5.74, 6) is 0.768. The Bertz CT molecular complexity index is 1270. The average molecular weight is 417 g/mol. The number of ketones is 1. The highest BCUT2D eigenvalue weighted by molar-refractivity contribution is 7.19. The number of benzene rings is 2. The third-order valence-corrected chi connectivity index (χ3v) is 6.30. The SMILES string of the molecule is CC(=O)CCn1c(Cc2ccccc2)nc2sc(C)c(-c3ccc(C)cc3)c2c1=O. The molecule has 5 heteroatoms. The number of hydrogen-bond donors (Lipinski definition) is 0. The van der Waals surface area contributed by atoms with Crippen molar-refractivity contribution < 1.29 is 4.79 Å². The molecule has 0 fully saturated rings. The molecule has 0 aliphatic rings. The summed E-state index contributed by atoms with van der Waals surface area (Å²) in [5, 5.41) is 0.654. The van der Waals surface area contributed by atoms with E-state index in [2.05, 4.69) is 31.2 Å². The van der Waals surface area contributed by atoms with Crippen molar-refractivity contribution in [1.82, 2.24) is 9.55 Å². The Morgan fingerprint density at radius 3 is 2.40 bits per heavy atom. The predicted molar refractivity (Wildman–Crippen MR) is 123 cm³/mol. The van der Waals surface area contributed by atoms with Gasteiger partial charge >= 0.3 is 0 Å². The largest absolute Gasteiger partial charge is 0.300 e. The predicted octanol–water partition coefficient (Wildman–Crippen LogP) is 5.31. The molecule has 0 unspecified atom stereocenters. The fraction of sp³-hybridized carbons (Fsp3) is 0.240. The highest BCUT2D eigenvalue weighted by atomic mass is 32.1. The molecule has 0 spiro atoms. The smallest absolute Gasteiger partial charge is 0.262 e. The lowest BCUT2D eigenvalue weighted by molar-refractivity contribution is -0.117. The lowest BCUT2D eigenvalue weighted by Crippen LogP contribution is -2.26. The van der Waals surface area contributed by atoms with Crippen molar-refractivity contribution in [3.05, 3.63) is 86.8 Å². The minimum absolute atomic E-state index is 0.0629. The second-order valence-corrected chi connectivity index (χ2v) is 8.88. The minimum Gasteiger partial charge on any atom is -0.300 e. The van der Waals surface area contributed by atoms with Crippen LogP contribution in [-0.4, -0.2) is 15.3 Å². The van der Waals surface area contributed by atoms with E-state index in [4.69, 9.17) is 4.98 Å². The topological polar surface area (TPSA) is 52.0 Å². The summed E-state index contributed by atoms with van der Waals surface area (Å²) in [6.07, 6.45) is 0.874. The Morgan fingerprint density at radius 2 is 1.73 bits per heavy atom. The molecule has 0 aliphatic heterocycles. The molecule has 0 atom stereocenters. The van der Waals surface area contributed by atoms with E-state index in [-0.39, 0.29) is 11.3 Å². The summed E-state index contributed by atoms with van der Waals surface area (Å²) < 4.78 is 1.70. The van der Waals surface area contributed by atoms with Gasteiger partial charge in [0, 0.05) is 29.8 Å². The molecular formula is C25H24N2O2S. The number of aromatic nitrogens is 2. The number of thiophene rings is 1. The van der Waals surface area contributed by atoms with Crippen molar-refractivity contribution >= 4 is 27.3 Å². The molecule has 0 bridgehead atoms. The fourth-order valence-corrected chi connectivity index (χ4v) is 4.77. The number of carbonyl (C=O) groups excluding carboxylic acids is 1. The first-order valence-corrected chi connectivity index (χ1v) is 10.9. The van der Waals surface area contributed by atoms with Crippen LogP contribution in [0.3, 0.4) is 0 Å². The van der Waals surface area contributed by atoms with Crippen molar-refractivity contribution in [3.8, 4) is 11.1 Å². The number of hydrogen-bond acceptors (Lipinski definition) is 4. The van der Waals surface area contributed by atoms with Crippen molar-refractivity contribution in [3.63, 3.8) is 0 Å². The normalized spacial score (nSPS) is 11.2. The molecule has 4 nitrogen and oxygen atoms in total. The van der Waals surface area contributed by atoms with E-state index in [0.29, 0.717) is 30.6 Å². The molecule has 0 saturated carbocycles. The molecule has 0 amide bonds. The molecule has 0 N–H and O–H groups in total. The van der Waals surface area contributed by atoms with Crippen LogP contribution in [0, 0.1) is 13.8 Å². The summed E-state index contributed by atoms with van der Waals surface area (Å²) in [6.45, 7) is 5.99. The minimum atomic E-state index is -0.0629. The molecule has 152 valence electrons. The van der Waals surface area contributed by atoms with Crippen LogP contribution >= 0.6 is 11.3 Å². The van der Waals surface area contributed by atoms with E-state index < -0.39 is 0 Å². The van der Waals surface area contributed by atoms with Crippen LogP contribution in [0.25, 0.3) is 21.3 Å². The average Bonchev–Trinajstić information content (AvgIpc) is 3.05. The molecule has 4 aromatic rings. The Balaban J connectivity index is 1.92. The van der Waals surface area contributed by atoms with Gasteiger partial charge in [-0.05, 0) is 31.9 Å². The van der Waals surface area contributed by atoms with Crippen LogP contribution in [0.15, 0.2) is 59.4 Å². The molecule has 2 aromatic heterocycles. The summed E-state index contributed by atoms with van der Waals surface area (Å²) in [4.78, 5) is 32.0. The second-order valence-electron chi connectivity index (χ2n) is 7.68. The summed E-state index contributed by atoms with van der Waals surface area (Å²) in [7, 11) is 0. The van der Waals surface area contributed by atoms with E-state index in [1.165, 1.54) is 5.56 Å². The summed E-state index contributed by atoms with van der Waals surface area (Å²) in [5.41, 5.74) is 4.19. The fourth-order valence-electron chi connectivity index (χ4n) is 3.72. The Labute approximate surface area is 179 Å². The van der Waals surface area contributed by atoms with Crippen molar-refractivity contribution in [2.24, 2.45) is 0 Å². The highest BCUT2D eigenvalue weighted by Crippen LogP contribution is 2.36. The number of Topliss-reactive ketones (excluding diaryl/α,β-unsaturated/α-hetero) is 1. The van der Waals surface area contributed by atoms with Gasteiger partial charge in [-0.3, -0.25) is 14.2 Å². The van der Waals surface area contributed by atoms with Crippen LogP contribution in [-0.2, 0) is 17.8 Å². The van der Waals surface area contributed by atoms with Gasteiger partial charge in [0.25, 0.3) is 5.56 Å². The maximum atomic E-state index is 13.6. The van der Waals surface area contributed by atoms with Crippen LogP contribution in [0.5, 0.6) is 0 Å². The van der Waals surface area contributed by atoms with Gasteiger partial charge in [0.2, 0.25) is 0 Å². The van der Waals surface area contributed by atoms with E-state index >= 15 is 0 Å². The van der Waals surface area contributed by atoms with Crippen molar-refractivity contribution in [2.45, 2.75) is 40.2 Å². The van der Waals surface area contributed by atoms with Crippen LogP contribution < -0.4 is 5.56 Å². The first-order valence-electron chi connectivity index (χ1n) is 10.1. The number of rotatable bonds is 6. The molecule has 2 aromatic carbocycles. The number of carbonyl (C=O) groups is 1. The molecule has 30 heavy (non-hydrogen) atoms. The van der Waals surface area contributed by atoms with Gasteiger partial charge in [-0.25, -0.2) is 4.98 Å². The van der Waals surface area contributed by atoms with Crippen molar-refractivity contribution in [2.75, 3.05) is 0 Å². The molecule has 4 rings (SSSR count). The van der Waals surface area contributed by atoms with Crippen LogP contribution in [0.1, 0.15) is 35.2 Å². The van der Waals surface area contributed by atoms with Gasteiger partial charge in [-0.15, -0.1) is 11.3 Å². The van der Waals surface area contributed by atoms with Gasteiger partial charge in [0.05, 0.1) is 5.39 Å². The van der Waals surface area contributed by atoms with Gasteiger partial charge < -0.3 is 0 Å². The zero-order valence-corrected chi connectivity index (χ0v) is 18.3. The zero-order valence-electron chi connectivity index (χ0n) is 17.4. The first-order chi connectivity index (χ1) is 14.4. The standard InChI is InChI=1S/C25H24N2O2S/c1-16-9-11-20(12-10-16)22-18(3)30-24-23(22)25(29)27(14-13-17(2)28)21(26-24)15-19-7-5-4-6-8-19/h4-12H,13-15H2,1-3H3. The second kappa shape index (κ2) is 8.36. The van der Waals surface area contributed by atoms with E-state index in [0.717, 1.165) is 26.4 Å².